The van der Waals surface area contributed by atoms with Gasteiger partial charge in [-0.1, -0.05) is 41.5 Å². The Hall–Kier alpha value is -1.88. The molecule has 0 saturated heterocycles. The zero-order chi connectivity index (χ0) is 20.9. The van der Waals surface area contributed by atoms with Gasteiger partial charge in [-0.05, 0) is 49.4 Å². The molecule has 1 aromatic heterocycles. The molecule has 0 aliphatic heterocycles. The van der Waals surface area contributed by atoms with Crippen molar-refractivity contribution in [3.05, 3.63) is 39.9 Å². The summed E-state index contributed by atoms with van der Waals surface area (Å²) in [6.45, 7) is 16.3. The van der Waals surface area contributed by atoms with Crippen molar-refractivity contribution < 1.29 is 9.90 Å². The lowest BCUT2D eigenvalue weighted by Gasteiger charge is -2.37. The number of nitrogens with zero attached hydrogens (tertiary/aromatic N) is 2. The van der Waals surface area contributed by atoms with Gasteiger partial charge in [0, 0.05) is 27.9 Å². The van der Waals surface area contributed by atoms with E-state index in [4.69, 9.17) is 4.98 Å². The number of aromatic nitrogens is 1. The number of anilines is 2. The second kappa shape index (κ2) is 7.18. The van der Waals surface area contributed by atoms with Crippen LogP contribution in [0, 0.1) is 12.8 Å². The average Bonchev–Trinajstić information content (AvgIpc) is 3.04. The molecule has 0 radical (unpaired) electrons. The molecule has 0 bridgehead atoms. The molecule has 1 N–H and O–H groups in total. The molecule has 0 saturated carbocycles. The minimum Gasteiger partial charge on any atom is -0.478 e. The lowest BCUT2D eigenvalue weighted by molar-refractivity contribution is 0.0696. The Labute approximate surface area is 172 Å². The van der Waals surface area contributed by atoms with E-state index in [1.54, 1.807) is 17.4 Å². The number of aromatic carboxylic acids is 1. The Morgan fingerprint density at radius 1 is 1.21 bits per heavy atom. The van der Waals surface area contributed by atoms with Crippen LogP contribution in [0.1, 0.15) is 80.9 Å². The van der Waals surface area contributed by atoms with E-state index in [-0.39, 0.29) is 10.8 Å². The van der Waals surface area contributed by atoms with Crippen LogP contribution in [0.4, 0.5) is 10.8 Å². The minimum atomic E-state index is -0.882. The predicted molar refractivity (Wildman–Crippen MR) is 117 cm³/mol. The van der Waals surface area contributed by atoms with Gasteiger partial charge in [0.2, 0.25) is 0 Å². The van der Waals surface area contributed by atoms with Gasteiger partial charge in [-0.15, -0.1) is 11.3 Å². The van der Waals surface area contributed by atoms with Crippen molar-refractivity contribution in [2.24, 2.45) is 5.92 Å². The van der Waals surface area contributed by atoms with Gasteiger partial charge in [0.1, 0.15) is 0 Å². The molecule has 1 aliphatic carbocycles. The fraction of sp³-hybridized carbons (Fsp3) is 0.565. The van der Waals surface area contributed by atoms with Gasteiger partial charge in [-0.25, -0.2) is 9.78 Å². The predicted octanol–water partition coefficient (Wildman–Crippen LogP) is 6.29. The summed E-state index contributed by atoms with van der Waals surface area (Å²) in [7, 11) is 0. The van der Waals surface area contributed by atoms with Crippen LogP contribution in [0.3, 0.4) is 0 Å². The van der Waals surface area contributed by atoms with E-state index in [0.717, 1.165) is 29.3 Å². The highest BCUT2D eigenvalue weighted by Gasteiger charge is 2.41. The number of hydrogen-bond donors (Lipinski definition) is 1. The van der Waals surface area contributed by atoms with Crippen LogP contribution in [0.15, 0.2) is 18.2 Å². The van der Waals surface area contributed by atoms with Crippen molar-refractivity contribution in [2.45, 2.75) is 72.1 Å². The van der Waals surface area contributed by atoms with E-state index in [1.807, 2.05) is 19.1 Å². The number of carboxylic acid groups (broad SMARTS) is 1. The number of carbonyl (C=O) groups is 1. The van der Waals surface area contributed by atoms with Gasteiger partial charge in [-0.3, -0.25) is 0 Å². The number of hydrogen-bond acceptors (Lipinski definition) is 4. The first-order valence-electron chi connectivity index (χ1n) is 10.1. The molecule has 5 heteroatoms. The summed E-state index contributed by atoms with van der Waals surface area (Å²) in [5, 5.41) is 10.4. The summed E-state index contributed by atoms with van der Waals surface area (Å²) in [6, 6.07) is 5.60. The fourth-order valence-corrected chi connectivity index (χ4v) is 5.32. The zero-order valence-corrected chi connectivity index (χ0v) is 18.9. The minimum absolute atomic E-state index is 0.0895. The molecule has 4 nitrogen and oxygen atoms in total. The van der Waals surface area contributed by atoms with Crippen molar-refractivity contribution in [3.8, 4) is 0 Å². The Balaban J connectivity index is 2.11. The number of carboxylic acids is 1. The first-order chi connectivity index (χ1) is 12.9. The molecular formula is C23H32N2O2S. The zero-order valence-electron chi connectivity index (χ0n) is 18.1. The van der Waals surface area contributed by atoms with E-state index in [0.29, 0.717) is 11.5 Å². The average molecular weight is 401 g/mol. The van der Waals surface area contributed by atoms with Crippen molar-refractivity contribution in [1.29, 1.82) is 0 Å². The van der Waals surface area contributed by atoms with Crippen LogP contribution in [0.25, 0.3) is 0 Å². The number of fused-ring (bicyclic) bond motifs is 1. The van der Waals surface area contributed by atoms with Crippen LogP contribution < -0.4 is 4.90 Å². The number of rotatable bonds is 5. The summed E-state index contributed by atoms with van der Waals surface area (Å²) in [5.74, 6) is -0.422. The highest BCUT2D eigenvalue weighted by Crippen LogP contribution is 2.50. The fourth-order valence-electron chi connectivity index (χ4n) is 3.91. The molecule has 0 fully saturated rings. The van der Waals surface area contributed by atoms with Crippen LogP contribution in [0.5, 0.6) is 0 Å². The molecule has 0 unspecified atom stereocenters. The van der Waals surface area contributed by atoms with Crippen LogP contribution in [-0.4, -0.2) is 22.6 Å². The van der Waals surface area contributed by atoms with Crippen LogP contribution in [-0.2, 0) is 10.8 Å². The van der Waals surface area contributed by atoms with Crippen molar-refractivity contribution in [2.75, 3.05) is 11.4 Å². The lowest BCUT2D eigenvalue weighted by atomic mass is 9.69. The standard InChI is InChI=1S/C23H32N2O2S/c1-14(2)13-25(16-8-9-17(20(26)27)15(3)12-16)21-24-18-19(28-21)23(6,7)11-10-22(18,4)5/h8-9,12,14H,10-11,13H2,1-7H3,(H,26,27). The van der Waals surface area contributed by atoms with Gasteiger partial charge in [0.05, 0.1) is 11.3 Å². The number of benzene rings is 1. The highest BCUT2D eigenvalue weighted by atomic mass is 32.1. The van der Waals surface area contributed by atoms with Crippen molar-refractivity contribution >= 4 is 28.1 Å². The van der Waals surface area contributed by atoms with Gasteiger partial charge < -0.3 is 10.0 Å². The number of thiazole rings is 1. The van der Waals surface area contributed by atoms with Crippen LogP contribution >= 0.6 is 11.3 Å². The molecule has 1 aromatic carbocycles. The molecule has 0 amide bonds. The Kier molecular flexibility index (Phi) is 5.34. The van der Waals surface area contributed by atoms with E-state index < -0.39 is 5.97 Å². The van der Waals surface area contributed by atoms with E-state index in [1.165, 1.54) is 17.0 Å². The molecule has 0 spiro atoms. The molecule has 2 aromatic rings. The third-order valence-corrected chi connectivity index (χ3v) is 7.22. The SMILES string of the molecule is Cc1cc(N(CC(C)C)c2nc3c(s2)C(C)(C)CCC3(C)C)ccc1C(=O)O. The molecule has 152 valence electrons. The molecular weight excluding hydrogens is 368 g/mol. The molecule has 28 heavy (non-hydrogen) atoms. The van der Waals surface area contributed by atoms with Crippen molar-refractivity contribution in [3.63, 3.8) is 0 Å². The number of aryl methyl sites for hydroxylation is 1. The summed E-state index contributed by atoms with van der Waals surface area (Å²) in [5.41, 5.74) is 3.61. The Morgan fingerprint density at radius 3 is 2.39 bits per heavy atom. The third kappa shape index (κ3) is 3.82. The lowest BCUT2D eigenvalue weighted by Crippen LogP contribution is -2.32. The normalized spacial score (nSPS) is 17.4. The van der Waals surface area contributed by atoms with E-state index in [9.17, 15) is 9.90 Å². The summed E-state index contributed by atoms with van der Waals surface area (Å²) >= 11 is 1.80. The first kappa shape index (κ1) is 20.8. The second-order valence-electron chi connectivity index (χ2n) is 9.75. The van der Waals surface area contributed by atoms with Crippen molar-refractivity contribution in [1.82, 2.24) is 4.98 Å². The maximum Gasteiger partial charge on any atom is 0.335 e. The summed E-state index contributed by atoms with van der Waals surface area (Å²) in [6.07, 6.45) is 2.32. The summed E-state index contributed by atoms with van der Waals surface area (Å²) in [4.78, 5) is 20.2. The van der Waals surface area contributed by atoms with Gasteiger partial charge in [0.25, 0.3) is 0 Å². The third-order valence-electron chi connectivity index (χ3n) is 5.78. The smallest absolute Gasteiger partial charge is 0.335 e. The van der Waals surface area contributed by atoms with Crippen LogP contribution in [0.2, 0.25) is 0 Å². The van der Waals surface area contributed by atoms with Gasteiger partial charge >= 0.3 is 5.97 Å². The molecule has 3 rings (SSSR count). The highest BCUT2D eigenvalue weighted by molar-refractivity contribution is 7.16. The van der Waals surface area contributed by atoms with E-state index >= 15 is 0 Å². The maximum atomic E-state index is 11.4. The van der Waals surface area contributed by atoms with E-state index in [2.05, 4.69) is 46.4 Å². The second-order valence-corrected chi connectivity index (χ2v) is 10.7. The maximum absolute atomic E-state index is 11.4. The topological polar surface area (TPSA) is 53.4 Å². The Morgan fingerprint density at radius 2 is 1.86 bits per heavy atom. The largest absolute Gasteiger partial charge is 0.478 e. The summed E-state index contributed by atoms with van der Waals surface area (Å²) < 4.78 is 0. The van der Waals surface area contributed by atoms with Gasteiger partial charge in [-0.2, -0.15) is 0 Å². The Bertz CT molecular complexity index is 863. The molecule has 1 aliphatic rings. The first-order valence-corrected chi connectivity index (χ1v) is 10.9. The molecule has 1 heterocycles. The van der Waals surface area contributed by atoms with Gasteiger partial charge in [0.15, 0.2) is 5.13 Å². The molecule has 0 atom stereocenters. The monoisotopic (exact) mass is 400 g/mol. The quantitative estimate of drug-likeness (QED) is 0.640.